The first-order valence-electron chi connectivity index (χ1n) is 6.14. The summed E-state index contributed by atoms with van der Waals surface area (Å²) in [4.78, 5) is 0. The normalized spacial score (nSPS) is 15.8. The van der Waals surface area contributed by atoms with Crippen molar-refractivity contribution in [2.24, 2.45) is 5.41 Å². The maximum Gasteiger partial charge on any atom is 0.231 e. The fraction of sp³-hybridized carbons (Fsp3) is 0.571. The third-order valence-corrected chi connectivity index (χ3v) is 3.28. The van der Waals surface area contributed by atoms with E-state index in [9.17, 15) is 5.11 Å². The van der Waals surface area contributed by atoms with Gasteiger partial charge in [0, 0.05) is 0 Å². The number of hydrogen-bond donors (Lipinski definition) is 1. The van der Waals surface area contributed by atoms with E-state index in [1.54, 1.807) is 6.07 Å². The summed E-state index contributed by atoms with van der Waals surface area (Å²) >= 11 is 6.09. The number of aliphatic hydroxyl groups is 1. The molecule has 4 heteroatoms. The number of benzene rings is 1. The second kappa shape index (κ2) is 4.98. The SMILES string of the molecule is CC(C)(C)CCC(O)c1cc(Cl)c2c(c1)OCO2. The van der Waals surface area contributed by atoms with Crippen LogP contribution in [0.1, 0.15) is 45.3 Å². The van der Waals surface area contributed by atoms with Crippen LogP contribution in [-0.4, -0.2) is 11.9 Å². The Morgan fingerprint density at radius 2 is 2.06 bits per heavy atom. The van der Waals surface area contributed by atoms with Gasteiger partial charge in [0.05, 0.1) is 11.1 Å². The molecule has 0 saturated heterocycles. The molecule has 1 unspecified atom stereocenters. The topological polar surface area (TPSA) is 38.7 Å². The number of rotatable bonds is 3. The molecule has 1 aromatic rings. The lowest BCUT2D eigenvalue weighted by atomic mass is 9.88. The van der Waals surface area contributed by atoms with Crippen LogP contribution in [0.4, 0.5) is 0 Å². The van der Waals surface area contributed by atoms with Crippen LogP contribution in [0.15, 0.2) is 12.1 Å². The van der Waals surface area contributed by atoms with Crippen molar-refractivity contribution in [2.45, 2.75) is 39.7 Å². The maximum atomic E-state index is 10.2. The molecule has 100 valence electrons. The van der Waals surface area contributed by atoms with Crippen molar-refractivity contribution in [3.05, 3.63) is 22.7 Å². The highest BCUT2D eigenvalue weighted by Crippen LogP contribution is 2.41. The van der Waals surface area contributed by atoms with Crippen molar-refractivity contribution in [1.82, 2.24) is 0 Å². The van der Waals surface area contributed by atoms with Crippen LogP contribution in [0.25, 0.3) is 0 Å². The minimum absolute atomic E-state index is 0.191. The Balaban J connectivity index is 2.11. The average molecular weight is 271 g/mol. The summed E-state index contributed by atoms with van der Waals surface area (Å²) in [6, 6.07) is 3.56. The number of ether oxygens (including phenoxy) is 2. The average Bonchev–Trinajstić information content (AvgIpc) is 2.73. The summed E-state index contributed by atoms with van der Waals surface area (Å²) in [5.74, 6) is 1.19. The van der Waals surface area contributed by atoms with Crippen molar-refractivity contribution in [3.63, 3.8) is 0 Å². The number of hydrogen-bond acceptors (Lipinski definition) is 3. The summed E-state index contributed by atoms with van der Waals surface area (Å²) in [6.45, 7) is 6.67. The van der Waals surface area contributed by atoms with Crippen LogP contribution in [0, 0.1) is 5.41 Å². The minimum Gasteiger partial charge on any atom is -0.454 e. The Hall–Kier alpha value is -0.930. The van der Waals surface area contributed by atoms with Crippen LogP contribution in [0.3, 0.4) is 0 Å². The molecule has 1 N–H and O–H groups in total. The second-order valence-corrected chi connectivity index (χ2v) is 6.26. The summed E-state index contributed by atoms with van der Waals surface area (Å²) in [5, 5.41) is 10.7. The Morgan fingerprint density at radius 1 is 1.33 bits per heavy atom. The van der Waals surface area contributed by atoms with E-state index < -0.39 is 6.10 Å². The fourth-order valence-electron chi connectivity index (χ4n) is 1.92. The number of aliphatic hydroxyl groups excluding tert-OH is 1. The molecule has 0 bridgehead atoms. The number of fused-ring (bicyclic) bond motifs is 1. The van der Waals surface area contributed by atoms with Crippen LogP contribution in [-0.2, 0) is 0 Å². The van der Waals surface area contributed by atoms with Crippen LogP contribution in [0.2, 0.25) is 5.02 Å². The van der Waals surface area contributed by atoms with Gasteiger partial charge in [-0.05, 0) is 36.0 Å². The maximum absolute atomic E-state index is 10.2. The number of halogens is 1. The zero-order valence-electron chi connectivity index (χ0n) is 11.0. The second-order valence-electron chi connectivity index (χ2n) is 5.85. The third kappa shape index (κ3) is 3.09. The van der Waals surface area contributed by atoms with E-state index in [0.717, 1.165) is 12.0 Å². The van der Waals surface area contributed by atoms with Gasteiger partial charge in [-0.25, -0.2) is 0 Å². The van der Waals surface area contributed by atoms with Crippen molar-refractivity contribution in [1.29, 1.82) is 0 Å². The highest BCUT2D eigenvalue weighted by atomic mass is 35.5. The molecule has 3 nitrogen and oxygen atoms in total. The predicted octanol–water partition coefficient (Wildman–Crippen LogP) is 3.93. The van der Waals surface area contributed by atoms with Crippen molar-refractivity contribution in [3.8, 4) is 11.5 Å². The molecule has 1 heterocycles. The quantitative estimate of drug-likeness (QED) is 0.904. The molecule has 1 aliphatic rings. The molecule has 0 amide bonds. The Labute approximate surface area is 113 Å². The molecule has 18 heavy (non-hydrogen) atoms. The Bertz CT molecular complexity index is 437. The largest absolute Gasteiger partial charge is 0.454 e. The Morgan fingerprint density at radius 3 is 2.72 bits per heavy atom. The molecule has 0 aliphatic carbocycles. The Kier molecular flexibility index (Phi) is 3.74. The first-order valence-corrected chi connectivity index (χ1v) is 6.52. The molecular weight excluding hydrogens is 252 g/mol. The highest BCUT2D eigenvalue weighted by Gasteiger charge is 2.21. The lowest BCUT2D eigenvalue weighted by Gasteiger charge is -2.20. The van der Waals surface area contributed by atoms with Crippen LogP contribution >= 0.6 is 11.6 Å². The zero-order valence-corrected chi connectivity index (χ0v) is 11.8. The standard InChI is InChI=1S/C14H19ClO3/c1-14(2,3)5-4-11(16)9-6-10(15)13-12(7-9)17-8-18-13/h6-7,11,16H,4-5,8H2,1-3H3. The van der Waals surface area contributed by atoms with E-state index in [1.807, 2.05) is 6.07 Å². The van der Waals surface area contributed by atoms with Crippen LogP contribution < -0.4 is 9.47 Å². The molecule has 1 atom stereocenters. The molecule has 1 aromatic carbocycles. The molecule has 0 radical (unpaired) electrons. The summed E-state index contributed by atoms with van der Waals surface area (Å²) in [7, 11) is 0. The van der Waals surface area contributed by atoms with Gasteiger partial charge in [0.25, 0.3) is 0 Å². The van der Waals surface area contributed by atoms with E-state index in [4.69, 9.17) is 21.1 Å². The van der Waals surface area contributed by atoms with Gasteiger partial charge in [-0.1, -0.05) is 32.4 Å². The molecule has 0 fully saturated rings. The minimum atomic E-state index is -0.517. The fourth-order valence-corrected chi connectivity index (χ4v) is 2.19. The van der Waals surface area contributed by atoms with Gasteiger partial charge in [0.2, 0.25) is 6.79 Å². The molecule has 2 rings (SSSR count). The molecule has 0 saturated carbocycles. The molecular formula is C14H19ClO3. The lowest BCUT2D eigenvalue weighted by Crippen LogP contribution is -2.08. The summed E-state index contributed by atoms with van der Waals surface area (Å²) < 4.78 is 10.5. The van der Waals surface area contributed by atoms with Gasteiger partial charge in [-0.2, -0.15) is 0 Å². The van der Waals surface area contributed by atoms with Gasteiger partial charge >= 0.3 is 0 Å². The zero-order chi connectivity index (χ0) is 13.3. The molecule has 0 spiro atoms. The first kappa shape index (κ1) is 13.5. The van der Waals surface area contributed by atoms with E-state index in [0.29, 0.717) is 22.9 Å². The van der Waals surface area contributed by atoms with Crippen molar-refractivity contribution >= 4 is 11.6 Å². The van der Waals surface area contributed by atoms with Crippen LogP contribution in [0.5, 0.6) is 11.5 Å². The highest BCUT2D eigenvalue weighted by molar-refractivity contribution is 6.32. The lowest BCUT2D eigenvalue weighted by molar-refractivity contribution is 0.147. The van der Waals surface area contributed by atoms with Gasteiger partial charge in [0.1, 0.15) is 0 Å². The van der Waals surface area contributed by atoms with Gasteiger partial charge in [-0.15, -0.1) is 0 Å². The van der Waals surface area contributed by atoms with Crippen molar-refractivity contribution < 1.29 is 14.6 Å². The van der Waals surface area contributed by atoms with Gasteiger partial charge in [-0.3, -0.25) is 0 Å². The molecule has 0 aromatic heterocycles. The van der Waals surface area contributed by atoms with E-state index >= 15 is 0 Å². The predicted molar refractivity (Wildman–Crippen MR) is 71.2 cm³/mol. The third-order valence-electron chi connectivity index (χ3n) is 3.00. The van der Waals surface area contributed by atoms with Gasteiger partial charge in [0.15, 0.2) is 11.5 Å². The first-order chi connectivity index (χ1) is 8.37. The monoisotopic (exact) mass is 270 g/mol. The van der Waals surface area contributed by atoms with E-state index in [1.165, 1.54) is 0 Å². The smallest absolute Gasteiger partial charge is 0.231 e. The molecule has 1 aliphatic heterocycles. The summed E-state index contributed by atoms with van der Waals surface area (Å²) in [6.07, 6.45) is 1.14. The van der Waals surface area contributed by atoms with E-state index in [-0.39, 0.29) is 12.2 Å². The summed E-state index contributed by atoms with van der Waals surface area (Å²) in [5.41, 5.74) is 0.995. The van der Waals surface area contributed by atoms with Gasteiger partial charge < -0.3 is 14.6 Å². The van der Waals surface area contributed by atoms with Crippen molar-refractivity contribution in [2.75, 3.05) is 6.79 Å². The van der Waals surface area contributed by atoms with E-state index in [2.05, 4.69) is 20.8 Å².